The summed E-state index contributed by atoms with van der Waals surface area (Å²) in [6.07, 6.45) is 13.9. The third kappa shape index (κ3) is 3.81. The van der Waals surface area contributed by atoms with Crippen LogP contribution in [0.3, 0.4) is 0 Å². The average Bonchev–Trinajstić information content (AvgIpc) is 3.93. The molecule has 2 aliphatic carbocycles. The highest BCUT2D eigenvalue weighted by Crippen LogP contribution is 2.50. The standard InChI is InChI=1S/C46H28O2S2/c1-2-10-32-31(9-1)43-33-17-13-27(25-15-19-41-35(21-25)29-7-3-5-11-39(29)49-41)23-37(33)47-45(43)46-44(32)34-18-14-28(24-38(34)48-46)26-16-20-42-36(22-26)30-8-4-6-12-40(30)50-42/h1-3,5-7,9-24,35,41H,4,8H2. The molecule has 236 valence electrons. The van der Waals surface area contributed by atoms with E-state index in [1.807, 2.05) is 23.1 Å². The number of hydrogen-bond donors (Lipinski definition) is 0. The maximum Gasteiger partial charge on any atom is 0.179 e. The van der Waals surface area contributed by atoms with Gasteiger partial charge in [-0.25, -0.2) is 0 Å². The zero-order chi connectivity index (χ0) is 32.5. The van der Waals surface area contributed by atoms with Crippen molar-refractivity contribution in [2.75, 3.05) is 0 Å². The summed E-state index contributed by atoms with van der Waals surface area (Å²) in [6, 6.07) is 37.8. The minimum absolute atomic E-state index is 0.390. The van der Waals surface area contributed by atoms with E-state index >= 15 is 0 Å². The molecule has 4 heteroatoms. The summed E-state index contributed by atoms with van der Waals surface area (Å²) in [7, 11) is 0. The Bertz CT molecular complexity index is 3030. The van der Waals surface area contributed by atoms with Gasteiger partial charge in [0.1, 0.15) is 11.2 Å². The second-order valence-electron chi connectivity index (χ2n) is 13.8. The van der Waals surface area contributed by atoms with Crippen LogP contribution in [-0.4, -0.2) is 5.25 Å². The van der Waals surface area contributed by atoms with Crippen LogP contribution in [0.2, 0.25) is 0 Å². The number of thiophene rings is 1. The molecule has 0 saturated carbocycles. The van der Waals surface area contributed by atoms with Crippen LogP contribution in [0.4, 0.5) is 0 Å². The van der Waals surface area contributed by atoms with Gasteiger partial charge in [0, 0.05) is 47.2 Å². The molecule has 50 heavy (non-hydrogen) atoms. The number of rotatable bonds is 2. The number of furan rings is 2. The van der Waals surface area contributed by atoms with Gasteiger partial charge in [0.2, 0.25) is 0 Å². The number of benzene rings is 6. The van der Waals surface area contributed by atoms with Crippen molar-refractivity contribution in [2.45, 2.75) is 28.9 Å². The fourth-order valence-electron chi connectivity index (χ4n) is 8.73. The van der Waals surface area contributed by atoms with Crippen molar-refractivity contribution >= 4 is 99.5 Å². The summed E-state index contributed by atoms with van der Waals surface area (Å²) >= 11 is 3.87. The highest BCUT2D eigenvalue weighted by atomic mass is 32.2. The Morgan fingerprint density at radius 1 is 0.620 bits per heavy atom. The molecule has 0 bridgehead atoms. The molecule has 12 rings (SSSR count). The molecule has 3 aliphatic rings. The largest absolute Gasteiger partial charge is 0.452 e. The van der Waals surface area contributed by atoms with Crippen molar-refractivity contribution in [1.82, 2.24) is 0 Å². The summed E-state index contributed by atoms with van der Waals surface area (Å²) in [5.74, 6) is 0.390. The van der Waals surface area contributed by atoms with Crippen LogP contribution in [0.1, 0.15) is 33.9 Å². The molecular weight excluding hydrogens is 649 g/mol. The van der Waals surface area contributed by atoms with Crippen molar-refractivity contribution in [1.29, 1.82) is 0 Å². The quantitative estimate of drug-likeness (QED) is 0.182. The molecule has 6 aromatic carbocycles. The van der Waals surface area contributed by atoms with Crippen molar-refractivity contribution in [2.24, 2.45) is 0 Å². The molecule has 4 heterocycles. The Morgan fingerprint density at radius 3 is 2.14 bits per heavy atom. The highest BCUT2D eigenvalue weighted by molar-refractivity contribution is 8.00. The van der Waals surface area contributed by atoms with Crippen LogP contribution in [0.5, 0.6) is 0 Å². The Morgan fingerprint density at radius 2 is 1.32 bits per heavy atom. The van der Waals surface area contributed by atoms with Gasteiger partial charge in [-0.1, -0.05) is 85.0 Å². The predicted molar refractivity (Wildman–Crippen MR) is 213 cm³/mol. The molecule has 0 spiro atoms. The third-order valence-electron chi connectivity index (χ3n) is 11.1. The van der Waals surface area contributed by atoms with Crippen LogP contribution >= 0.6 is 23.1 Å². The molecule has 3 aromatic heterocycles. The number of fused-ring (bicyclic) bond motifs is 16. The second-order valence-corrected chi connectivity index (χ2v) is 16.1. The van der Waals surface area contributed by atoms with E-state index in [0.717, 1.165) is 56.7 Å². The molecule has 2 atom stereocenters. The van der Waals surface area contributed by atoms with Gasteiger partial charge in [0.05, 0.1) is 0 Å². The average molecular weight is 677 g/mol. The molecule has 0 amide bonds. The number of allylic oxidation sites excluding steroid dienone is 4. The third-order valence-corrected chi connectivity index (χ3v) is 13.6. The van der Waals surface area contributed by atoms with Gasteiger partial charge in [0.25, 0.3) is 0 Å². The molecule has 2 unspecified atom stereocenters. The topological polar surface area (TPSA) is 26.3 Å². The lowest BCUT2D eigenvalue weighted by Gasteiger charge is -2.19. The Labute approximate surface area is 296 Å². The lowest BCUT2D eigenvalue weighted by atomic mass is 9.87. The van der Waals surface area contributed by atoms with Crippen molar-refractivity contribution in [3.8, 4) is 11.1 Å². The normalized spacial score (nSPS) is 18.1. The van der Waals surface area contributed by atoms with Gasteiger partial charge >= 0.3 is 0 Å². The van der Waals surface area contributed by atoms with E-state index in [9.17, 15) is 0 Å². The summed E-state index contributed by atoms with van der Waals surface area (Å²) in [5.41, 5.74) is 11.1. The van der Waals surface area contributed by atoms with Gasteiger partial charge in [-0.15, -0.1) is 23.1 Å². The van der Waals surface area contributed by atoms with E-state index in [0.29, 0.717) is 11.2 Å². The first-order valence-electron chi connectivity index (χ1n) is 17.4. The fourth-order valence-corrected chi connectivity index (χ4v) is 11.2. The Balaban J connectivity index is 1.03. The molecule has 9 aromatic rings. The first-order chi connectivity index (χ1) is 24.7. The molecule has 0 N–H and O–H groups in total. The van der Waals surface area contributed by atoms with E-state index in [-0.39, 0.29) is 0 Å². The Kier molecular flexibility index (Phi) is 5.58. The minimum atomic E-state index is 0.390. The maximum absolute atomic E-state index is 6.83. The molecule has 0 radical (unpaired) electrons. The van der Waals surface area contributed by atoms with Gasteiger partial charge < -0.3 is 8.83 Å². The van der Waals surface area contributed by atoms with Crippen molar-refractivity contribution in [3.63, 3.8) is 0 Å². The molecule has 0 saturated heterocycles. The molecular formula is C46H28O2S2. The van der Waals surface area contributed by atoms with Gasteiger partial charge in [-0.05, 0) is 111 Å². The monoisotopic (exact) mass is 676 g/mol. The first-order valence-corrected chi connectivity index (χ1v) is 19.1. The number of thioether (sulfide) groups is 1. The van der Waals surface area contributed by atoms with Crippen LogP contribution in [0, 0.1) is 0 Å². The van der Waals surface area contributed by atoms with Gasteiger partial charge in [-0.3, -0.25) is 0 Å². The van der Waals surface area contributed by atoms with Crippen LogP contribution in [0.15, 0.2) is 141 Å². The van der Waals surface area contributed by atoms with Gasteiger partial charge in [-0.2, -0.15) is 0 Å². The summed E-state index contributed by atoms with van der Waals surface area (Å²) in [5, 5.41) is 8.68. The van der Waals surface area contributed by atoms with E-state index in [1.54, 1.807) is 0 Å². The maximum atomic E-state index is 6.83. The van der Waals surface area contributed by atoms with Crippen LogP contribution < -0.4 is 0 Å². The summed E-state index contributed by atoms with van der Waals surface area (Å²) < 4.78 is 15.0. The van der Waals surface area contributed by atoms with Crippen molar-refractivity contribution in [3.05, 3.63) is 149 Å². The Hall–Kier alpha value is -5.29. The number of aryl methyl sites for hydroxylation is 1. The van der Waals surface area contributed by atoms with Crippen molar-refractivity contribution < 1.29 is 8.83 Å². The molecule has 2 nitrogen and oxygen atoms in total. The van der Waals surface area contributed by atoms with Crippen LogP contribution in [-0.2, 0) is 6.42 Å². The summed E-state index contributed by atoms with van der Waals surface area (Å²) in [6.45, 7) is 0. The lowest BCUT2D eigenvalue weighted by molar-refractivity contribution is 0.633. The smallest absolute Gasteiger partial charge is 0.179 e. The van der Waals surface area contributed by atoms with Gasteiger partial charge in [0.15, 0.2) is 11.2 Å². The highest BCUT2D eigenvalue weighted by Gasteiger charge is 2.32. The SMILES string of the molecule is C1=Cc2sc3ccc(-c4ccc5c(c4)oc4c6oc7cc(C8=CC9c%10ccccc%10SC9C=C8)ccc7c6c6ccccc6c54)cc3c2CC1. The zero-order valence-corrected chi connectivity index (χ0v) is 28.5. The second kappa shape index (κ2) is 10.1. The fraction of sp³-hybridized carbons (Fsp3) is 0.0870. The minimum Gasteiger partial charge on any atom is -0.452 e. The van der Waals surface area contributed by atoms with E-state index in [2.05, 4.69) is 134 Å². The summed E-state index contributed by atoms with van der Waals surface area (Å²) in [4.78, 5) is 2.80. The predicted octanol–water partition coefficient (Wildman–Crippen LogP) is 13.7. The van der Waals surface area contributed by atoms with E-state index in [1.165, 1.54) is 64.0 Å². The molecule has 0 fully saturated rings. The van der Waals surface area contributed by atoms with E-state index in [4.69, 9.17) is 8.83 Å². The number of hydrogen-bond acceptors (Lipinski definition) is 4. The first kappa shape index (κ1) is 27.5. The zero-order valence-electron chi connectivity index (χ0n) is 26.9. The molecule has 1 aliphatic heterocycles. The van der Waals surface area contributed by atoms with Crippen LogP contribution in [0.25, 0.3) is 87.5 Å². The van der Waals surface area contributed by atoms with E-state index < -0.39 is 0 Å². The lowest BCUT2D eigenvalue weighted by Crippen LogP contribution is -2.08.